The number of aliphatic carboxylic acids is 1. The Kier molecular flexibility index (Phi) is 5.99. The molecule has 1 heterocycles. The number of rotatable bonds is 7. The van der Waals surface area contributed by atoms with Crippen LogP contribution in [0.3, 0.4) is 0 Å². The summed E-state index contributed by atoms with van der Waals surface area (Å²) >= 11 is 0. The van der Waals surface area contributed by atoms with Gasteiger partial charge in [-0.05, 0) is 18.6 Å². The van der Waals surface area contributed by atoms with Crippen LogP contribution < -0.4 is 0 Å². The van der Waals surface area contributed by atoms with Gasteiger partial charge in [0.1, 0.15) is 0 Å². The molecule has 19 heavy (non-hydrogen) atoms. The van der Waals surface area contributed by atoms with Crippen LogP contribution in [-0.4, -0.2) is 33.4 Å². The number of nitrogens with zero attached hydrogens (tertiary/aromatic N) is 2. The molecule has 0 saturated carbocycles. The molecule has 5 heteroatoms. The average Bonchev–Trinajstić information content (AvgIpc) is 2.39. The fourth-order valence-electron chi connectivity index (χ4n) is 1.72. The van der Waals surface area contributed by atoms with Crippen molar-refractivity contribution in [1.29, 1.82) is 0 Å². The molecule has 0 aromatic carbocycles. The summed E-state index contributed by atoms with van der Waals surface area (Å²) in [5, 5.41) is 8.96. The van der Waals surface area contributed by atoms with Crippen LogP contribution in [0.1, 0.15) is 32.4 Å². The third kappa shape index (κ3) is 5.07. The summed E-state index contributed by atoms with van der Waals surface area (Å²) in [6.45, 7) is 4.10. The van der Waals surface area contributed by atoms with Crippen molar-refractivity contribution in [3.63, 3.8) is 0 Å². The summed E-state index contributed by atoms with van der Waals surface area (Å²) in [7, 11) is 0. The van der Waals surface area contributed by atoms with E-state index >= 15 is 0 Å². The zero-order valence-electron chi connectivity index (χ0n) is 11.4. The minimum absolute atomic E-state index is 0.0266. The Morgan fingerprint density at radius 1 is 1.42 bits per heavy atom. The van der Waals surface area contributed by atoms with Gasteiger partial charge in [-0.3, -0.25) is 14.6 Å². The van der Waals surface area contributed by atoms with Crippen molar-refractivity contribution in [3.8, 4) is 0 Å². The highest BCUT2D eigenvalue weighted by Gasteiger charge is 2.20. The lowest BCUT2D eigenvalue weighted by Gasteiger charge is -2.24. The largest absolute Gasteiger partial charge is 0.481 e. The van der Waals surface area contributed by atoms with Crippen molar-refractivity contribution in [2.24, 2.45) is 5.92 Å². The maximum atomic E-state index is 12.0. The number of pyridine rings is 1. The molecular weight excluding hydrogens is 244 g/mol. The van der Waals surface area contributed by atoms with Gasteiger partial charge in [0.05, 0.1) is 18.2 Å². The van der Waals surface area contributed by atoms with E-state index in [-0.39, 0.29) is 12.5 Å². The third-order valence-corrected chi connectivity index (χ3v) is 2.81. The fraction of sp³-hybridized carbons (Fsp3) is 0.500. The normalized spacial score (nSPS) is 11.9. The number of aromatic nitrogens is 1. The summed E-state index contributed by atoms with van der Waals surface area (Å²) in [6, 6.07) is 5.49. The SMILES string of the molecule is CCCC(=O)N(Cc1ccccn1)CC(C)C(=O)O. The van der Waals surface area contributed by atoms with Gasteiger partial charge in [0.25, 0.3) is 0 Å². The predicted octanol–water partition coefficient (Wildman–Crippen LogP) is 1.93. The molecule has 1 atom stereocenters. The fourth-order valence-corrected chi connectivity index (χ4v) is 1.72. The van der Waals surface area contributed by atoms with E-state index in [1.807, 2.05) is 25.1 Å². The molecule has 1 N–H and O–H groups in total. The van der Waals surface area contributed by atoms with E-state index in [0.29, 0.717) is 13.0 Å². The highest BCUT2D eigenvalue weighted by molar-refractivity contribution is 5.77. The quantitative estimate of drug-likeness (QED) is 0.817. The number of carboxylic acid groups (broad SMARTS) is 1. The lowest BCUT2D eigenvalue weighted by Crippen LogP contribution is -2.36. The van der Waals surface area contributed by atoms with Crippen molar-refractivity contribution >= 4 is 11.9 Å². The monoisotopic (exact) mass is 264 g/mol. The predicted molar refractivity (Wildman–Crippen MR) is 71.4 cm³/mol. The maximum Gasteiger partial charge on any atom is 0.308 e. The second kappa shape index (κ2) is 7.51. The van der Waals surface area contributed by atoms with Crippen LogP contribution in [0.15, 0.2) is 24.4 Å². The van der Waals surface area contributed by atoms with Crippen molar-refractivity contribution in [2.75, 3.05) is 6.54 Å². The lowest BCUT2D eigenvalue weighted by molar-refractivity contribution is -0.143. The molecule has 1 rings (SSSR count). The van der Waals surface area contributed by atoms with Gasteiger partial charge in [-0.25, -0.2) is 0 Å². The van der Waals surface area contributed by atoms with Crippen LogP contribution in [0.2, 0.25) is 0 Å². The smallest absolute Gasteiger partial charge is 0.308 e. The molecule has 0 spiro atoms. The van der Waals surface area contributed by atoms with Gasteiger partial charge >= 0.3 is 5.97 Å². The molecule has 0 bridgehead atoms. The van der Waals surface area contributed by atoms with Crippen molar-refractivity contribution < 1.29 is 14.7 Å². The van der Waals surface area contributed by atoms with Gasteiger partial charge in [-0.1, -0.05) is 19.9 Å². The maximum absolute atomic E-state index is 12.0. The van der Waals surface area contributed by atoms with E-state index in [4.69, 9.17) is 5.11 Å². The standard InChI is InChI=1S/C14H20N2O3/c1-3-6-13(17)16(9-11(2)14(18)19)10-12-7-4-5-8-15-12/h4-5,7-8,11H,3,6,9-10H2,1-2H3,(H,18,19). The van der Waals surface area contributed by atoms with E-state index in [9.17, 15) is 9.59 Å². The molecule has 0 aliphatic rings. The summed E-state index contributed by atoms with van der Waals surface area (Å²) in [5.41, 5.74) is 0.768. The van der Waals surface area contributed by atoms with E-state index in [2.05, 4.69) is 4.98 Å². The first-order chi connectivity index (χ1) is 9.04. The first-order valence-electron chi connectivity index (χ1n) is 6.45. The molecule has 1 unspecified atom stereocenters. The molecule has 1 aromatic heterocycles. The second-order valence-corrected chi connectivity index (χ2v) is 4.58. The number of carboxylic acids is 1. The van der Waals surface area contributed by atoms with Gasteiger partial charge < -0.3 is 10.0 Å². The molecule has 0 radical (unpaired) electrons. The lowest BCUT2D eigenvalue weighted by atomic mass is 10.1. The molecule has 1 aromatic rings. The van der Waals surface area contributed by atoms with Crippen LogP contribution in [0.4, 0.5) is 0 Å². The highest BCUT2D eigenvalue weighted by Crippen LogP contribution is 2.09. The summed E-state index contributed by atoms with van der Waals surface area (Å²) in [5.74, 6) is -1.50. The number of carbonyl (C=O) groups excluding carboxylic acids is 1. The Morgan fingerprint density at radius 2 is 2.16 bits per heavy atom. The molecular formula is C14H20N2O3. The van der Waals surface area contributed by atoms with Crippen LogP contribution in [0.5, 0.6) is 0 Å². The summed E-state index contributed by atoms with van der Waals surface area (Å²) < 4.78 is 0. The molecule has 5 nitrogen and oxygen atoms in total. The first-order valence-corrected chi connectivity index (χ1v) is 6.45. The van der Waals surface area contributed by atoms with Crippen molar-refractivity contribution in [1.82, 2.24) is 9.88 Å². The Bertz CT molecular complexity index is 420. The third-order valence-electron chi connectivity index (χ3n) is 2.81. The van der Waals surface area contributed by atoms with E-state index in [0.717, 1.165) is 12.1 Å². The van der Waals surface area contributed by atoms with E-state index in [1.54, 1.807) is 18.0 Å². The van der Waals surface area contributed by atoms with E-state index in [1.165, 1.54) is 0 Å². The minimum atomic E-state index is -0.893. The van der Waals surface area contributed by atoms with Crippen molar-refractivity contribution in [2.45, 2.75) is 33.2 Å². The van der Waals surface area contributed by atoms with Gasteiger partial charge in [-0.15, -0.1) is 0 Å². The molecule has 0 aliphatic heterocycles. The second-order valence-electron chi connectivity index (χ2n) is 4.58. The molecule has 104 valence electrons. The van der Waals surface area contributed by atoms with Crippen LogP contribution >= 0.6 is 0 Å². The van der Waals surface area contributed by atoms with Crippen LogP contribution in [0.25, 0.3) is 0 Å². The Labute approximate surface area is 113 Å². The van der Waals surface area contributed by atoms with Crippen molar-refractivity contribution in [3.05, 3.63) is 30.1 Å². The number of amides is 1. The van der Waals surface area contributed by atoms with Crippen LogP contribution in [-0.2, 0) is 16.1 Å². The van der Waals surface area contributed by atoms with E-state index < -0.39 is 11.9 Å². The summed E-state index contributed by atoms with van der Waals surface area (Å²) in [4.78, 5) is 28.7. The summed E-state index contributed by atoms with van der Waals surface area (Å²) in [6.07, 6.45) is 2.84. The Morgan fingerprint density at radius 3 is 2.68 bits per heavy atom. The number of hydrogen-bond acceptors (Lipinski definition) is 3. The topological polar surface area (TPSA) is 70.5 Å². The van der Waals surface area contributed by atoms with Gasteiger partial charge in [-0.2, -0.15) is 0 Å². The number of carbonyl (C=O) groups is 2. The Hall–Kier alpha value is -1.91. The zero-order chi connectivity index (χ0) is 14.3. The van der Waals surface area contributed by atoms with Gasteiger partial charge in [0.15, 0.2) is 0 Å². The van der Waals surface area contributed by atoms with Crippen LogP contribution in [0, 0.1) is 5.92 Å². The Balaban J connectivity index is 2.74. The zero-order valence-corrected chi connectivity index (χ0v) is 11.4. The minimum Gasteiger partial charge on any atom is -0.481 e. The highest BCUT2D eigenvalue weighted by atomic mass is 16.4. The molecule has 1 amide bonds. The average molecular weight is 264 g/mol. The van der Waals surface area contributed by atoms with Gasteiger partial charge in [0.2, 0.25) is 5.91 Å². The molecule has 0 aliphatic carbocycles. The first kappa shape index (κ1) is 15.1. The molecule has 0 saturated heterocycles. The molecule has 0 fully saturated rings. The number of hydrogen-bond donors (Lipinski definition) is 1. The van der Waals surface area contributed by atoms with Gasteiger partial charge in [0, 0.05) is 19.2 Å².